The van der Waals surface area contributed by atoms with E-state index in [4.69, 9.17) is 9.47 Å². The zero-order chi connectivity index (χ0) is 13.1. The lowest BCUT2D eigenvalue weighted by Gasteiger charge is -2.09. The van der Waals surface area contributed by atoms with Crippen molar-refractivity contribution in [3.63, 3.8) is 0 Å². The Labute approximate surface area is 105 Å². The molecule has 0 spiro atoms. The summed E-state index contributed by atoms with van der Waals surface area (Å²) in [5.74, 6) is 1.45. The third-order valence-corrected chi connectivity index (χ3v) is 2.70. The Morgan fingerprint density at radius 1 is 1.61 bits per heavy atom. The summed E-state index contributed by atoms with van der Waals surface area (Å²) < 4.78 is 11.1. The molecule has 0 amide bonds. The molecule has 2 rings (SSSR count). The predicted octanol–water partition coefficient (Wildman–Crippen LogP) is 2.66. The molecule has 0 N–H and O–H groups in total. The minimum Gasteiger partial charge on any atom is -0.493 e. The molecule has 18 heavy (non-hydrogen) atoms. The van der Waals surface area contributed by atoms with Crippen molar-refractivity contribution < 1.29 is 14.4 Å². The number of benzene rings is 1. The number of ether oxygens (including phenoxy) is 2. The molecular formula is C13H15NO4. The molecule has 0 bridgehead atoms. The molecule has 1 aliphatic rings. The van der Waals surface area contributed by atoms with E-state index in [1.165, 1.54) is 6.08 Å². The van der Waals surface area contributed by atoms with Gasteiger partial charge in [-0.15, -0.1) is 0 Å². The fourth-order valence-corrected chi connectivity index (χ4v) is 2.01. The van der Waals surface area contributed by atoms with Gasteiger partial charge in [0, 0.05) is 23.6 Å². The molecule has 96 valence electrons. The summed E-state index contributed by atoms with van der Waals surface area (Å²) in [5.41, 5.74) is 1.76. The van der Waals surface area contributed by atoms with Crippen LogP contribution < -0.4 is 9.47 Å². The number of hydrogen-bond donors (Lipinski definition) is 0. The van der Waals surface area contributed by atoms with Crippen LogP contribution in [0, 0.1) is 10.1 Å². The van der Waals surface area contributed by atoms with Crippen molar-refractivity contribution in [2.75, 3.05) is 6.61 Å². The average molecular weight is 249 g/mol. The van der Waals surface area contributed by atoms with Crippen molar-refractivity contribution in [3.05, 3.63) is 39.6 Å². The van der Waals surface area contributed by atoms with E-state index in [9.17, 15) is 10.1 Å². The van der Waals surface area contributed by atoms with Crippen LogP contribution in [0.4, 0.5) is 0 Å². The van der Waals surface area contributed by atoms with Gasteiger partial charge in [-0.2, -0.15) is 0 Å². The molecule has 1 aromatic rings. The normalized spacial score (nSPS) is 17.6. The van der Waals surface area contributed by atoms with E-state index in [-0.39, 0.29) is 6.10 Å². The van der Waals surface area contributed by atoms with Crippen LogP contribution in [0.3, 0.4) is 0 Å². The summed E-state index contributed by atoms with van der Waals surface area (Å²) in [6.07, 6.45) is 3.32. The number of nitro groups is 1. The van der Waals surface area contributed by atoms with E-state index in [0.717, 1.165) is 23.9 Å². The van der Waals surface area contributed by atoms with Crippen molar-refractivity contribution in [2.24, 2.45) is 0 Å². The first-order chi connectivity index (χ1) is 8.60. The van der Waals surface area contributed by atoms with Gasteiger partial charge in [0.05, 0.1) is 11.5 Å². The minimum atomic E-state index is -0.494. The van der Waals surface area contributed by atoms with Crippen molar-refractivity contribution in [1.82, 2.24) is 0 Å². The van der Waals surface area contributed by atoms with Crippen LogP contribution in [-0.4, -0.2) is 17.6 Å². The molecule has 1 unspecified atom stereocenters. The van der Waals surface area contributed by atoms with Gasteiger partial charge < -0.3 is 9.47 Å². The van der Waals surface area contributed by atoms with E-state index in [1.807, 2.05) is 19.9 Å². The summed E-state index contributed by atoms with van der Waals surface area (Å²) >= 11 is 0. The largest absolute Gasteiger partial charge is 0.493 e. The molecule has 5 nitrogen and oxygen atoms in total. The smallest absolute Gasteiger partial charge is 0.235 e. The third-order valence-electron chi connectivity index (χ3n) is 2.70. The van der Waals surface area contributed by atoms with Gasteiger partial charge in [0.1, 0.15) is 17.6 Å². The van der Waals surface area contributed by atoms with Crippen LogP contribution in [0.2, 0.25) is 0 Å². The second kappa shape index (κ2) is 5.08. The minimum absolute atomic E-state index is 0.143. The summed E-state index contributed by atoms with van der Waals surface area (Å²) in [6.45, 7) is 4.40. The van der Waals surface area contributed by atoms with Crippen molar-refractivity contribution in [3.8, 4) is 11.5 Å². The molecule has 1 atom stereocenters. The molecule has 1 heterocycles. The van der Waals surface area contributed by atoms with E-state index in [0.29, 0.717) is 17.9 Å². The summed E-state index contributed by atoms with van der Waals surface area (Å²) in [7, 11) is 0. The third kappa shape index (κ3) is 2.61. The lowest BCUT2D eigenvalue weighted by molar-refractivity contribution is -0.400. The zero-order valence-corrected chi connectivity index (χ0v) is 10.4. The SMILES string of the molecule is CCOc1cc2c(cc1/C=C/[N+](=O)[O-])OC(C)C2. The summed E-state index contributed by atoms with van der Waals surface area (Å²) in [6, 6.07) is 3.70. The zero-order valence-electron chi connectivity index (χ0n) is 10.4. The second-order valence-corrected chi connectivity index (χ2v) is 4.16. The first kappa shape index (κ1) is 12.4. The molecule has 1 aliphatic heterocycles. The monoisotopic (exact) mass is 249 g/mol. The van der Waals surface area contributed by atoms with E-state index >= 15 is 0 Å². The Balaban J connectivity index is 2.37. The van der Waals surface area contributed by atoms with Gasteiger partial charge in [0.15, 0.2) is 0 Å². The molecule has 0 saturated heterocycles. The number of rotatable bonds is 4. The Hall–Kier alpha value is -2.04. The first-order valence-electron chi connectivity index (χ1n) is 5.88. The maximum Gasteiger partial charge on any atom is 0.235 e. The highest BCUT2D eigenvalue weighted by Gasteiger charge is 2.21. The van der Waals surface area contributed by atoms with Crippen molar-refractivity contribution >= 4 is 6.08 Å². The Morgan fingerprint density at radius 2 is 2.39 bits per heavy atom. The highest BCUT2D eigenvalue weighted by atomic mass is 16.6. The summed E-state index contributed by atoms with van der Waals surface area (Å²) in [4.78, 5) is 9.88. The standard InChI is InChI=1S/C13H15NO4/c1-3-17-12-8-11-6-9(2)18-13(11)7-10(12)4-5-14(15)16/h4-5,7-9H,3,6H2,1-2H3/b5-4+. The molecule has 0 aliphatic carbocycles. The van der Waals surface area contributed by atoms with Crippen LogP contribution in [0.5, 0.6) is 11.5 Å². The van der Waals surface area contributed by atoms with Crippen LogP contribution in [0.1, 0.15) is 25.0 Å². The highest BCUT2D eigenvalue weighted by molar-refractivity contribution is 5.62. The van der Waals surface area contributed by atoms with Gasteiger partial charge in [-0.05, 0) is 26.0 Å². The number of hydrogen-bond acceptors (Lipinski definition) is 4. The van der Waals surface area contributed by atoms with Crippen LogP contribution >= 0.6 is 0 Å². The highest BCUT2D eigenvalue weighted by Crippen LogP contribution is 2.35. The topological polar surface area (TPSA) is 61.6 Å². The van der Waals surface area contributed by atoms with E-state index in [1.54, 1.807) is 6.07 Å². The molecule has 1 aromatic carbocycles. The lowest BCUT2D eigenvalue weighted by Crippen LogP contribution is -2.05. The first-order valence-corrected chi connectivity index (χ1v) is 5.88. The van der Waals surface area contributed by atoms with Gasteiger partial charge >= 0.3 is 0 Å². The summed E-state index contributed by atoms with van der Waals surface area (Å²) in [5, 5.41) is 10.4. The van der Waals surface area contributed by atoms with Gasteiger partial charge in [0.2, 0.25) is 6.20 Å². The molecule has 0 radical (unpaired) electrons. The van der Waals surface area contributed by atoms with Crippen LogP contribution in [-0.2, 0) is 6.42 Å². The number of fused-ring (bicyclic) bond motifs is 1. The quantitative estimate of drug-likeness (QED) is 0.608. The van der Waals surface area contributed by atoms with Gasteiger partial charge in [0.25, 0.3) is 0 Å². The fourth-order valence-electron chi connectivity index (χ4n) is 2.01. The van der Waals surface area contributed by atoms with Crippen LogP contribution in [0.25, 0.3) is 6.08 Å². The molecule has 0 saturated carbocycles. The van der Waals surface area contributed by atoms with Crippen molar-refractivity contribution in [1.29, 1.82) is 0 Å². The van der Waals surface area contributed by atoms with Crippen molar-refractivity contribution in [2.45, 2.75) is 26.4 Å². The average Bonchev–Trinajstić information content (AvgIpc) is 2.65. The van der Waals surface area contributed by atoms with Crippen LogP contribution in [0.15, 0.2) is 18.3 Å². The fraction of sp³-hybridized carbons (Fsp3) is 0.385. The Kier molecular flexibility index (Phi) is 3.50. The molecule has 5 heteroatoms. The number of nitrogens with zero attached hydrogens (tertiary/aromatic N) is 1. The maximum absolute atomic E-state index is 10.4. The van der Waals surface area contributed by atoms with Gasteiger partial charge in [-0.25, -0.2) is 0 Å². The Morgan fingerprint density at radius 3 is 3.06 bits per heavy atom. The lowest BCUT2D eigenvalue weighted by atomic mass is 10.1. The predicted molar refractivity (Wildman–Crippen MR) is 67.4 cm³/mol. The molecular weight excluding hydrogens is 234 g/mol. The maximum atomic E-state index is 10.4. The second-order valence-electron chi connectivity index (χ2n) is 4.16. The van der Waals surface area contributed by atoms with E-state index in [2.05, 4.69) is 0 Å². The van der Waals surface area contributed by atoms with Gasteiger partial charge in [-0.3, -0.25) is 10.1 Å². The Bertz CT molecular complexity index is 496. The van der Waals surface area contributed by atoms with Gasteiger partial charge in [-0.1, -0.05) is 0 Å². The molecule has 0 aromatic heterocycles. The molecule has 0 fully saturated rings. The van der Waals surface area contributed by atoms with E-state index < -0.39 is 4.92 Å².